The quantitative estimate of drug-likeness (QED) is 0.903. The van der Waals surface area contributed by atoms with E-state index in [1.54, 1.807) is 13.1 Å². The van der Waals surface area contributed by atoms with Crippen LogP contribution in [0.25, 0.3) is 0 Å². The van der Waals surface area contributed by atoms with Crippen LogP contribution in [-0.2, 0) is 6.42 Å². The second-order valence-corrected chi connectivity index (χ2v) is 6.99. The highest BCUT2D eigenvalue weighted by atomic mass is 32.1. The Morgan fingerprint density at radius 1 is 1.48 bits per heavy atom. The number of hydrogen-bond acceptors (Lipinski definition) is 4. The van der Waals surface area contributed by atoms with Crippen LogP contribution in [0.15, 0.2) is 24.4 Å². The average molecular weight is 330 g/mol. The van der Waals surface area contributed by atoms with Crippen LogP contribution in [0.4, 0.5) is 0 Å². The largest absolute Gasteiger partial charge is 0.477 e. The van der Waals surface area contributed by atoms with E-state index in [0.717, 1.165) is 41.2 Å². The Hall–Kier alpha value is -2.21. The predicted molar refractivity (Wildman–Crippen MR) is 88.3 cm³/mol. The molecule has 6 heteroatoms. The van der Waals surface area contributed by atoms with Gasteiger partial charge in [0.15, 0.2) is 0 Å². The first-order chi connectivity index (χ1) is 11.1. The molecule has 0 saturated carbocycles. The minimum Gasteiger partial charge on any atom is -0.477 e. The normalized spacial score (nSPS) is 16.7. The van der Waals surface area contributed by atoms with Crippen LogP contribution < -0.4 is 5.32 Å². The zero-order valence-corrected chi connectivity index (χ0v) is 13.7. The lowest BCUT2D eigenvalue weighted by atomic mass is 9.86. The Morgan fingerprint density at radius 3 is 3.04 bits per heavy atom. The molecule has 0 radical (unpaired) electrons. The summed E-state index contributed by atoms with van der Waals surface area (Å²) in [7, 11) is 0. The fourth-order valence-corrected chi connectivity index (χ4v) is 3.88. The molecule has 1 amide bonds. The molecule has 0 bridgehead atoms. The van der Waals surface area contributed by atoms with Crippen LogP contribution in [0.5, 0.6) is 0 Å². The van der Waals surface area contributed by atoms with Gasteiger partial charge in [-0.25, -0.2) is 4.79 Å². The molecule has 2 N–H and O–H groups in total. The lowest BCUT2D eigenvalue weighted by molar-refractivity contribution is 0.0702. The SMILES string of the molecule is Cc1sc(C(=O)O)cc1C(=O)NCC1CCCc2cccnc21. The summed E-state index contributed by atoms with van der Waals surface area (Å²) in [6.07, 6.45) is 4.94. The minimum atomic E-state index is -0.998. The van der Waals surface area contributed by atoms with Crippen molar-refractivity contribution in [2.45, 2.75) is 32.1 Å². The summed E-state index contributed by atoms with van der Waals surface area (Å²) in [6.45, 7) is 2.30. The number of aromatic nitrogens is 1. The molecule has 23 heavy (non-hydrogen) atoms. The van der Waals surface area contributed by atoms with Crippen molar-refractivity contribution in [3.05, 3.63) is 51.0 Å². The fourth-order valence-electron chi connectivity index (χ4n) is 3.03. The number of hydrogen-bond donors (Lipinski definition) is 2. The fraction of sp³-hybridized carbons (Fsp3) is 0.353. The molecule has 2 aromatic heterocycles. The number of thiophene rings is 1. The van der Waals surface area contributed by atoms with E-state index in [1.165, 1.54) is 11.6 Å². The Kier molecular flexibility index (Phi) is 4.43. The third-order valence-electron chi connectivity index (χ3n) is 4.19. The first-order valence-corrected chi connectivity index (χ1v) is 8.43. The Bertz CT molecular complexity index is 754. The van der Waals surface area contributed by atoms with Gasteiger partial charge in [-0.3, -0.25) is 9.78 Å². The number of carbonyl (C=O) groups excluding carboxylic acids is 1. The Morgan fingerprint density at radius 2 is 2.30 bits per heavy atom. The Labute approximate surface area is 138 Å². The number of aromatic carboxylic acids is 1. The number of rotatable bonds is 4. The van der Waals surface area contributed by atoms with Gasteiger partial charge >= 0.3 is 5.97 Å². The van der Waals surface area contributed by atoms with Crippen LogP contribution in [0, 0.1) is 6.92 Å². The van der Waals surface area contributed by atoms with Crippen LogP contribution in [0.2, 0.25) is 0 Å². The van der Waals surface area contributed by atoms with Crippen molar-refractivity contribution in [3.8, 4) is 0 Å². The van der Waals surface area contributed by atoms with Crippen LogP contribution >= 0.6 is 11.3 Å². The maximum absolute atomic E-state index is 12.3. The van der Waals surface area contributed by atoms with Crippen molar-refractivity contribution in [1.82, 2.24) is 10.3 Å². The first kappa shape index (κ1) is 15.7. The van der Waals surface area contributed by atoms with Gasteiger partial charge in [-0.2, -0.15) is 0 Å². The van der Waals surface area contributed by atoms with Crippen LogP contribution in [0.1, 0.15) is 54.9 Å². The van der Waals surface area contributed by atoms with Gasteiger partial charge in [0.25, 0.3) is 5.91 Å². The molecule has 2 heterocycles. The number of nitrogens with one attached hydrogen (secondary N) is 1. The maximum atomic E-state index is 12.3. The van der Waals surface area contributed by atoms with E-state index in [9.17, 15) is 9.59 Å². The van der Waals surface area contributed by atoms with E-state index in [0.29, 0.717) is 12.1 Å². The average Bonchev–Trinajstić information content (AvgIpc) is 2.95. The Balaban J connectivity index is 1.69. The minimum absolute atomic E-state index is 0.192. The molecule has 1 atom stereocenters. The summed E-state index contributed by atoms with van der Waals surface area (Å²) in [4.78, 5) is 28.7. The highest BCUT2D eigenvalue weighted by molar-refractivity contribution is 7.14. The van der Waals surface area contributed by atoms with Crippen molar-refractivity contribution in [3.63, 3.8) is 0 Å². The van der Waals surface area contributed by atoms with Gasteiger partial charge in [0.1, 0.15) is 4.88 Å². The molecule has 0 aromatic carbocycles. The first-order valence-electron chi connectivity index (χ1n) is 7.62. The molecule has 1 unspecified atom stereocenters. The number of nitrogens with zero attached hydrogens (tertiary/aromatic N) is 1. The number of carbonyl (C=O) groups is 2. The number of fused-ring (bicyclic) bond motifs is 1. The molecule has 0 saturated heterocycles. The van der Waals surface area contributed by atoms with E-state index in [4.69, 9.17) is 5.11 Å². The van der Waals surface area contributed by atoms with Crippen molar-refractivity contribution < 1.29 is 14.7 Å². The summed E-state index contributed by atoms with van der Waals surface area (Å²) in [5, 5.41) is 12.0. The summed E-state index contributed by atoms with van der Waals surface area (Å²) in [6, 6.07) is 5.49. The van der Waals surface area contributed by atoms with Gasteiger partial charge in [-0.05, 0) is 43.9 Å². The van der Waals surface area contributed by atoms with Crippen LogP contribution in [0.3, 0.4) is 0 Å². The smallest absolute Gasteiger partial charge is 0.345 e. The maximum Gasteiger partial charge on any atom is 0.345 e. The third kappa shape index (κ3) is 3.27. The summed E-state index contributed by atoms with van der Waals surface area (Å²) in [5.74, 6) is -0.987. The molecular formula is C17H18N2O3S. The lowest BCUT2D eigenvalue weighted by Gasteiger charge is -2.24. The number of carboxylic acids is 1. The van der Waals surface area contributed by atoms with Gasteiger partial charge in [0.2, 0.25) is 0 Å². The zero-order valence-electron chi connectivity index (χ0n) is 12.8. The predicted octanol–water partition coefficient (Wildman–Crippen LogP) is 3.00. The van der Waals surface area contributed by atoms with E-state index >= 15 is 0 Å². The van der Waals surface area contributed by atoms with Gasteiger partial charge in [-0.1, -0.05) is 6.07 Å². The summed E-state index contributed by atoms with van der Waals surface area (Å²) in [5.41, 5.74) is 2.79. The van der Waals surface area contributed by atoms with Gasteiger partial charge < -0.3 is 10.4 Å². The lowest BCUT2D eigenvalue weighted by Crippen LogP contribution is -2.30. The van der Waals surface area contributed by atoms with Crippen molar-refractivity contribution in [2.75, 3.05) is 6.54 Å². The standard InChI is InChI=1S/C17H18N2O3S/c1-10-13(8-14(23-10)17(21)22)16(20)19-9-12-5-2-4-11-6-3-7-18-15(11)12/h3,6-8,12H,2,4-5,9H2,1H3,(H,19,20)(H,21,22). The highest BCUT2D eigenvalue weighted by Gasteiger charge is 2.23. The monoisotopic (exact) mass is 330 g/mol. The molecule has 120 valence electrons. The molecule has 0 aliphatic heterocycles. The van der Waals surface area contributed by atoms with Crippen molar-refractivity contribution >= 4 is 23.2 Å². The van der Waals surface area contributed by atoms with Crippen LogP contribution in [-0.4, -0.2) is 28.5 Å². The molecule has 1 aliphatic rings. The number of carboxylic acid groups (broad SMARTS) is 1. The second-order valence-electron chi connectivity index (χ2n) is 5.73. The van der Waals surface area contributed by atoms with E-state index in [-0.39, 0.29) is 16.7 Å². The second kappa shape index (κ2) is 6.50. The van der Waals surface area contributed by atoms with E-state index in [2.05, 4.69) is 16.4 Å². The molecule has 0 spiro atoms. The highest BCUT2D eigenvalue weighted by Crippen LogP contribution is 2.29. The molecule has 3 rings (SSSR count). The number of pyridine rings is 1. The molecule has 2 aromatic rings. The molecule has 0 fully saturated rings. The number of amides is 1. The topological polar surface area (TPSA) is 79.3 Å². The van der Waals surface area contributed by atoms with E-state index in [1.807, 2.05) is 6.07 Å². The van der Waals surface area contributed by atoms with E-state index < -0.39 is 5.97 Å². The molecule has 1 aliphatic carbocycles. The molecular weight excluding hydrogens is 312 g/mol. The van der Waals surface area contributed by atoms with Gasteiger partial charge in [-0.15, -0.1) is 11.3 Å². The van der Waals surface area contributed by atoms with Gasteiger partial charge in [0, 0.05) is 29.2 Å². The third-order valence-corrected chi connectivity index (χ3v) is 5.23. The number of aryl methyl sites for hydroxylation is 2. The van der Waals surface area contributed by atoms with Gasteiger partial charge in [0.05, 0.1) is 5.56 Å². The van der Waals surface area contributed by atoms with Crippen molar-refractivity contribution in [2.24, 2.45) is 0 Å². The van der Waals surface area contributed by atoms with Crippen molar-refractivity contribution in [1.29, 1.82) is 0 Å². The summed E-state index contributed by atoms with van der Waals surface area (Å²) < 4.78 is 0. The summed E-state index contributed by atoms with van der Waals surface area (Å²) >= 11 is 1.13. The zero-order chi connectivity index (χ0) is 16.4. The molecule has 5 nitrogen and oxygen atoms in total.